The predicted octanol–water partition coefficient (Wildman–Crippen LogP) is 3.57. The highest BCUT2D eigenvalue weighted by atomic mass is 35.5. The average Bonchev–Trinajstić information content (AvgIpc) is 2.23. The molecule has 0 bridgehead atoms. The third-order valence-electron chi connectivity index (χ3n) is 2.21. The van der Waals surface area contributed by atoms with Gasteiger partial charge in [-0.05, 0) is 24.6 Å². The van der Waals surface area contributed by atoms with Gasteiger partial charge in [0.25, 0.3) is 0 Å². The lowest BCUT2D eigenvalue weighted by molar-refractivity contribution is -0.116. The molecule has 94 valence electrons. The van der Waals surface area contributed by atoms with Gasteiger partial charge >= 0.3 is 0 Å². The van der Waals surface area contributed by atoms with E-state index < -0.39 is 0 Å². The summed E-state index contributed by atoms with van der Waals surface area (Å²) < 4.78 is 0. The number of hydrogen-bond donors (Lipinski definition) is 2. The first kappa shape index (κ1) is 14.6. The van der Waals surface area contributed by atoms with Crippen LogP contribution in [0.15, 0.2) is 12.1 Å². The summed E-state index contributed by atoms with van der Waals surface area (Å²) >= 11 is 17.6. The first-order valence-electron chi connectivity index (χ1n) is 5.08. The number of carbonyl (C=O) groups excluding carboxylic acids is 1. The molecule has 0 spiro atoms. The van der Waals surface area contributed by atoms with Gasteiger partial charge in [0.2, 0.25) is 5.91 Å². The highest BCUT2D eigenvalue weighted by Crippen LogP contribution is 2.33. The van der Waals surface area contributed by atoms with Crippen molar-refractivity contribution in [2.45, 2.75) is 13.3 Å². The Hall–Kier alpha value is -0.480. The van der Waals surface area contributed by atoms with Gasteiger partial charge in [0, 0.05) is 11.4 Å². The van der Waals surface area contributed by atoms with Gasteiger partial charge < -0.3 is 11.1 Å². The van der Waals surface area contributed by atoms with Crippen LogP contribution in [0.25, 0.3) is 0 Å². The molecule has 0 heterocycles. The van der Waals surface area contributed by atoms with E-state index in [1.165, 1.54) is 12.1 Å². The molecule has 1 unspecified atom stereocenters. The third-order valence-corrected chi connectivity index (χ3v) is 3.02. The predicted molar refractivity (Wildman–Crippen MR) is 72.9 cm³/mol. The molecule has 3 nitrogen and oxygen atoms in total. The Morgan fingerprint density at radius 2 is 1.88 bits per heavy atom. The fourth-order valence-corrected chi connectivity index (χ4v) is 2.16. The van der Waals surface area contributed by atoms with Crippen molar-refractivity contribution in [3.63, 3.8) is 0 Å². The largest absolute Gasteiger partial charge is 0.330 e. The van der Waals surface area contributed by atoms with Crippen LogP contribution < -0.4 is 11.1 Å². The van der Waals surface area contributed by atoms with Gasteiger partial charge in [0.05, 0.1) is 15.7 Å². The van der Waals surface area contributed by atoms with Crippen LogP contribution in [0.5, 0.6) is 0 Å². The van der Waals surface area contributed by atoms with Crippen LogP contribution in [0, 0.1) is 5.92 Å². The number of halogens is 3. The highest BCUT2D eigenvalue weighted by molar-refractivity contribution is 6.42. The van der Waals surface area contributed by atoms with Crippen molar-refractivity contribution >= 4 is 46.4 Å². The number of benzene rings is 1. The number of amides is 1. The van der Waals surface area contributed by atoms with E-state index in [9.17, 15) is 4.79 Å². The number of hydrogen-bond acceptors (Lipinski definition) is 2. The van der Waals surface area contributed by atoms with Gasteiger partial charge in [0.1, 0.15) is 0 Å². The summed E-state index contributed by atoms with van der Waals surface area (Å²) in [6, 6.07) is 3.05. The lowest BCUT2D eigenvalue weighted by Gasteiger charge is -2.12. The number of nitrogens with one attached hydrogen (secondary N) is 1. The normalized spacial score (nSPS) is 12.3. The molecule has 3 N–H and O–H groups in total. The summed E-state index contributed by atoms with van der Waals surface area (Å²) in [5.74, 6) is -0.0612. The molecule has 0 saturated carbocycles. The quantitative estimate of drug-likeness (QED) is 0.892. The van der Waals surface area contributed by atoms with Crippen molar-refractivity contribution in [2.75, 3.05) is 11.9 Å². The van der Waals surface area contributed by atoms with Crippen LogP contribution in [0.2, 0.25) is 15.1 Å². The Morgan fingerprint density at radius 3 is 2.35 bits per heavy atom. The molecule has 0 aliphatic rings. The maximum atomic E-state index is 11.7. The molecule has 6 heteroatoms. The smallest absolute Gasteiger partial charge is 0.224 e. The summed E-state index contributed by atoms with van der Waals surface area (Å²) in [4.78, 5) is 11.7. The van der Waals surface area contributed by atoms with Crippen molar-refractivity contribution < 1.29 is 4.79 Å². The third kappa shape index (κ3) is 4.36. The zero-order chi connectivity index (χ0) is 13.0. The van der Waals surface area contributed by atoms with Crippen LogP contribution in [-0.4, -0.2) is 12.5 Å². The second-order valence-corrected chi connectivity index (χ2v) is 5.09. The van der Waals surface area contributed by atoms with Crippen molar-refractivity contribution in [1.82, 2.24) is 0 Å². The summed E-state index contributed by atoms with van der Waals surface area (Å²) in [7, 11) is 0. The van der Waals surface area contributed by atoms with E-state index in [1.54, 1.807) is 0 Å². The average molecular weight is 296 g/mol. The minimum atomic E-state index is -0.172. The molecule has 1 aromatic rings. The summed E-state index contributed by atoms with van der Waals surface area (Å²) in [5, 5.41) is 3.71. The summed E-state index contributed by atoms with van der Waals surface area (Å²) in [6.45, 7) is 2.35. The second-order valence-electron chi connectivity index (χ2n) is 3.84. The maximum Gasteiger partial charge on any atom is 0.224 e. The van der Waals surface area contributed by atoms with Crippen LogP contribution in [0.1, 0.15) is 13.3 Å². The van der Waals surface area contributed by atoms with Crippen LogP contribution >= 0.6 is 34.8 Å². The number of carbonyl (C=O) groups is 1. The fourth-order valence-electron chi connectivity index (χ4n) is 1.25. The Kier molecular flexibility index (Phi) is 5.53. The molecule has 0 aliphatic heterocycles. The molecule has 1 amide bonds. The van der Waals surface area contributed by atoms with Gasteiger partial charge in [-0.1, -0.05) is 41.7 Å². The van der Waals surface area contributed by atoms with E-state index >= 15 is 0 Å². The van der Waals surface area contributed by atoms with Crippen LogP contribution in [0.4, 0.5) is 5.69 Å². The Labute approximate surface area is 115 Å². The zero-order valence-corrected chi connectivity index (χ0v) is 11.5. The molecule has 0 aliphatic carbocycles. The molecule has 0 saturated heterocycles. The molecule has 0 fully saturated rings. The van der Waals surface area contributed by atoms with Gasteiger partial charge in [-0.2, -0.15) is 0 Å². The number of nitrogens with two attached hydrogens (primary N) is 1. The second kappa shape index (κ2) is 6.45. The molecule has 1 atom stereocenters. The first-order chi connectivity index (χ1) is 7.93. The minimum absolute atomic E-state index is 0.111. The number of rotatable bonds is 4. The monoisotopic (exact) mass is 294 g/mol. The molecule has 1 aromatic carbocycles. The van der Waals surface area contributed by atoms with E-state index in [0.717, 1.165) is 0 Å². The summed E-state index contributed by atoms with van der Waals surface area (Å²) in [5.41, 5.74) is 5.83. The topological polar surface area (TPSA) is 55.1 Å². The molecular weight excluding hydrogens is 282 g/mol. The molecule has 0 aromatic heterocycles. The van der Waals surface area contributed by atoms with Crippen molar-refractivity contribution in [3.05, 3.63) is 27.2 Å². The summed E-state index contributed by atoms with van der Waals surface area (Å²) in [6.07, 6.45) is 0.325. The highest BCUT2D eigenvalue weighted by Gasteiger charge is 2.13. The van der Waals surface area contributed by atoms with Crippen molar-refractivity contribution in [2.24, 2.45) is 11.7 Å². The lowest BCUT2D eigenvalue weighted by atomic mass is 10.1. The van der Waals surface area contributed by atoms with Gasteiger partial charge in [-0.25, -0.2) is 0 Å². The van der Waals surface area contributed by atoms with E-state index in [0.29, 0.717) is 33.7 Å². The molecular formula is C11H13Cl3N2O. The van der Waals surface area contributed by atoms with Crippen molar-refractivity contribution in [1.29, 1.82) is 0 Å². The van der Waals surface area contributed by atoms with Gasteiger partial charge in [-0.15, -0.1) is 0 Å². The lowest BCUT2D eigenvalue weighted by Crippen LogP contribution is -2.20. The maximum absolute atomic E-state index is 11.7. The first-order valence-corrected chi connectivity index (χ1v) is 6.22. The molecule has 1 rings (SSSR count). The number of anilines is 1. The fraction of sp³-hybridized carbons (Fsp3) is 0.364. The zero-order valence-electron chi connectivity index (χ0n) is 9.27. The molecule has 0 radical (unpaired) electrons. The van der Waals surface area contributed by atoms with E-state index in [4.69, 9.17) is 40.5 Å². The van der Waals surface area contributed by atoms with Gasteiger partial charge in [-0.3, -0.25) is 4.79 Å². The van der Waals surface area contributed by atoms with Gasteiger partial charge in [0.15, 0.2) is 0 Å². The van der Waals surface area contributed by atoms with Crippen molar-refractivity contribution in [3.8, 4) is 0 Å². The van der Waals surface area contributed by atoms with E-state index in [1.807, 2.05) is 6.92 Å². The van der Waals surface area contributed by atoms with E-state index in [-0.39, 0.29) is 11.8 Å². The Balaban J connectivity index is 2.78. The molecule has 17 heavy (non-hydrogen) atoms. The van der Waals surface area contributed by atoms with E-state index in [2.05, 4.69) is 5.32 Å². The SMILES string of the molecule is CC(CN)CC(=O)Nc1c(Cl)cc(Cl)cc1Cl. The Morgan fingerprint density at radius 1 is 1.35 bits per heavy atom. The minimum Gasteiger partial charge on any atom is -0.330 e. The van der Waals surface area contributed by atoms with Crippen LogP contribution in [0.3, 0.4) is 0 Å². The Bertz CT molecular complexity index is 400. The standard InChI is InChI=1S/C11H13Cl3N2O/c1-6(5-15)2-10(17)16-11-8(13)3-7(12)4-9(11)14/h3-4,6H,2,5,15H2,1H3,(H,16,17). The van der Waals surface area contributed by atoms with Crippen LogP contribution in [-0.2, 0) is 4.79 Å².